The van der Waals surface area contributed by atoms with Gasteiger partial charge in [0.05, 0.1) is 7.11 Å². The number of alkyl halides is 1. The monoisotopic (exact) mass is 341 g/mol. The Kier molecular flexibility index (Phi) is 5.49. The van der Waals surface area contributed by atoms with Gasteiger partial charge >= 0.3 is 0 Å². The molecule has 1 aliphatic rings. The largest absolute Gasteiger partial charge is 0.497 e. The number of hydrogen-bond donors (Lipinski definition) is 0. The predicted molar refractivity (Wildman–Crippen MR) is 96.7 cm³/mol. The lowest BCUT2D eigenvalue weighted by Crippen LogP contribution is -2.42. The van der Waals surface area contributed by atoms with E-state index in [1.165, 1.54) is 5.56 Å². The zero-order valence-corrected chi connectivity index (χ0v) is 14.6. The SMILES string of the molecule is COc1ccc(CN2CCC(F)(CC(=O)c3ccccc3)CC2)cc1. The van der Waals surface area contributed by atoms with Gasteiger partial charge in [-0.2, -0.15) is 0 Å². The summed E-state index contributed by atoms with van der Waals surface area (Å²) in [6.07, 6.45) is 0.789. The molecule has 1 saturated heterocycles. The molecule has 0 radical (unpaired) electrons. The zero-order valence-electron chi connectivity index (χ0n) is 14.6. The molecule has 2 aromatic rings. The molecule has 0 unspecified atom stereocenters. The summed E-state index contributed by atoms with van der Waals surface area (Å²) in [4.78, 5) is 14.5. The third kappa shape index (κ3) is 4.67. The van der Waals surface area contributed by atoms with E-state index in [1.807, 2.05) is 42.5 Å². The maximum Gasteiger partial charge on any atom is 0.166 e. The number of halogens is 1. The van der Waals surface area contributed by atoms with Crippen molar-refractivity contribution < 1.29 is 13.9 Å². The van der Waals surface area contributed by atoms with Gasteiger partial charge in [-0.3, -0.25) is 9.69 Å². The smallest absolute Gasteiger partial charge is 0.166 e. The summed E-state index contributed by atoms with van der Waals surface area (Å²) in [7, 11) is 1.65. The van der Waals surface area contributed by atoms with Crippen LogP contribution in [-0.2, 0) is 6.54 Å². The van der Waals surface area contributed by atoms with Crippen LogP contribution in [0.1, 0.15) is 35.2 Å². The van der Waals surface area contributed by atoms with Crippen LogP contribution in [0.15, 0.2) is 54.6 Å². The minimum atomic E-state index is -1.39. The van der Waals surface area contributed by atoms with Crippen molar-refractivity contribution in [3.63, 3.8) is 0 Å². The number of carbonyl (C=O) groups is 1. The molecule has 4 heteroatoms. The highest BCUT2D eigenvalue weighted by Gasteiger charge is 2.36. The molecule has 2 aromatic carbocycles. The summed E-state index contributed by atoms with van der Waals surface area (Å²) < 4.78 is 20.2. The van der Waals surface area contributed by atoms with Crippen LogP contribution in [0, 0.1) is 0 Å². The molecule has 0 saturated carbocycles. The van der Waals surface area contributed by atoms with Crippen molar-refractivity contribution >= 4 is 5.78 Å². The molecule has 1 aliphatic heterocycles. The molecule has 1 fully saturated rings. The molecule has 132 valence electrons. The summed E-state index contributed by atoms with van der Waals surface area (Å²) >= 11 is 0. The van der Waals surface area contributed by atoms with Gasteiger partial charge in [0.1, 0.15) is 11.4 Å². The standard InChI is InChI=1S/C21H24FNO2/c1-25-19-9-7-17(8-10-19)16-23-13-11-21(22,12-14-23)15-20(24)18-5-3-2-4-6-18/h2-10H,11-16H2,1H3. The Labute approximate surface area is 148 Å². The van der Waals surface area contributed by atoms with Crippen LogP contribution >= 0.6 is 0 Å². The Morgan fingerprint density at radius 3 is 2.32 bits per heavy atom. The van der Waals surface area contributed by atoms with Crippen LogP contribution in [0.25, 0.3) is 0 Å². The molecule has 1 heterocycles. The van der Waals surface area contributed by atoms with Crippen molar-refractivity contribution in [1.29, 1.82) is 0 Å². The third-order valence-electron chi connectivity index (χ3n) is 4.89. The van der Waals surface area contributed by atoms with Crippen LogP contribution < -0.4 is 4.74 Å². The van der Waals surface area contributed by atoms with Gasteiger partial charge in [0.25, 0.3) is 0 Å². The number of Topliss-reactive ketones (excluding diaryl/α,β-unsaturated/α-hetero) is 1. The van der Waals surface area contributed by atoms with Gasteiger partial charge in [0, 0.05) is 31.6 Å². The average molecular weight is 341 g/mol. The molecule has 0 aromatic heterocycles. The molecule has 3 nitrogen and oxygen atoms in total. The number of nitrogens with zero attached hydrogens (tertiary/aromatic N) is 1. The summed E-state index contributed by atoms with van der Waals surface area (Å²) in [5.41, 5.74) is 0.399. The summed E-state index contributed by atoms with van der Waals surface area (Å²) in [5.74, 6) is 0.733. The van der Waals surface area contributed by atoms with Crippen molar-refractivity contribution in [3.05, 3.63) is 65.7 Å². The van der Waals surface area contributed by atoms with E-state index < -0.39 is 5.67 Å². The quantitative estimate of drug-likeness (QED) is 0.735. The Morgan fingerprint density at radius 2 is 1.72 bits per heavy atom. The fourth-order valence-electron chi connectivity index (χ4n) is 3.29. The van der Waals surface area contributed by atoms with E-state index in [4.69, 9.17) is 4.74 Å². The van der Waals surface area contributed by atoms with E-state index in [0.29, 0.717) is 31.5 Å². The minimum Gasteiger partial charge on any atom is -0.497 e. The van der Waals surface area contributed by atoms with Gasteiger partial charge in [0.2, 0.25) is 0 Å². The highest BCUT2D eigenvalue weighted by molar-refractivity contribution is 5.96. The molecular weight excluding hydrogens is 317 g/mol. The van der Waals surface area contributed by atoms with Crippen molar-refractivity contribution in [2.24, 2.45) is 0 Å². The topological polar surface area (TPSA) is 29.5 Å². The van der Waals surface area contributed by atoms with Gasteiger partial charge < -0.3 is 4.74 Å². The molecule has 0 amide bonds. The Bertz CT molecular complexity index is 692. The first-order valence-electron chi connectivity index (χ1n) is 8.70. The van der Waals surface area contributed by atoms with Gasteiger partial charge in [-0.05, 0) is 30.5 Å². The summed E-state index contributed by atoms with van der Waals surface area (Å²) in [5, 5.41) is 0. The fourth-order valence-corrected chi connectivity index (χ4v) is 3.29. The van der Waals surface area contributed by atoms with Crippen LogP contribution in [-0.4, -0.2) is 36.6 Å². The van der Waals surface area contributed by atoms with Gasteiger partial charge in [-0.15, -0.1) is 0 Å². The lowest BCUT2D eigenvalue weighted by atomic mass is 9.86. The van der Waals surface area contributed by atoms with E-state index in [0.717, 1.165) is 12.3 Å². The van der Waals surface area contributed by atoms with E-state index in [9.17, 15) is 4.79 Å². The van der Waals surface area contributed by atoms with E-state index in [2.05, 4.69) is 4.90 Å². The molecule has 3 rings (SSSR count). The average Bonchev–Trinajstić information content (AvgIpc) is 2.65. The molecule has 0 bridgehead atoms. The van der Waals surface area contributed by atoms with Crippen molar-refractivity contribution in [1.82, 2.24) is 4.90 Å². The first kappa shape index (κ1) is 17.6. The molecule has 0 N–H and O–H groups in total. The number of carbonyl (C=O) groups excluding carboxylic acids is 1. The second-order valence-electron chi connectivity index (χ2n) is 6.74. The second kappa shape index (κ2) is 7.79. The van der Waals surface area contributed by atoms with Gasteiger partial charge in [-0.1, -0.05) is 42.5 Å². The van der Waals surface area contributed by atoms with Crippen LogP contribution in [0.2, 0.25) is 0 Å². The molecule has 0 aliphatic carbocycles. The van der Waals surface area contributed by atoms with Crippen molar-refractivity contribution in [2.75, 3.05) is 20.2 Å². The first-order valence-corrected chi connectivity index (χ1v) is 8.70. The van der Waals surface area contributed by atoms with Crippen molar-refractivity contribution in [2.45, 2.75) is 31.5 Å². The third-order valence-corrected chi connectivity index (χ3v) is 4.89. The Hall–Kier alpha value is -2.20. The highest BCUT2D eigenvalue weighted by atomic mass is 19.1. The number of rotatable bonds is 6. The maximum absolute atomic E-state index is 15.1. The summed E-state index contributed by atoms with van der Waals surface area (Å²) in [6.45, 7) is 2.14. The Balaban J connectivity index is 1.52. The number of ether oxygens (including phenoxy) is 1. The molecular formula is C21H24FNO2. The lowest BCUT2D eigenvalue weighted by Gasteiger charge is -2.36. The van der Waals surface area contributed by atoms with Gasteiger partial charge in [-0.25, -0.2) is 4.39 Å². The number of benzene rings is 2. The zero-order chi connectivity index (χ0) is 17.7. The number of ketones is 1. The fraction of sp³-hybridized carbons (Fsp3) is 0.381. The van der Waals surface area contributed by atoms with E-state index in [-0.39, 0.29) is 12.2 Å². The van der Waals surface area contributed by atoms with E-state index in [1.54, 1.807) is 19.2 Å². The number of piperidine rings is 1. The molecule has 0 spiro atoms. The minimum absolute atomic E-state index is 0.0204. The maximum atomic E-state index is 15.1. The van der Waals surface area contributed by atoms with Crippen LogP contribution in [0.4, 0.5) is 4.39 Å². The number of methoxy groups -OCH3 is 1. The lowest BCUT2D eigenvalue weighted by molar-refractivity contribution is 0.0439. The highest BCUT2D eigenvalue weighted by Crippen LogP contribution is 2.32. The second-order valence-corrected chi connectivity index (χ2v) is 6.74. The van der Waals surface area contributed by atoms with Crippen LogP contribution in [0.5, 0.6) is 5.75 Å². The summed E-state index contributed by atoms with van der Waals surface area (Å²) in [6, 6.07) is 17.0. The van der Waals surface area contributed by atoms with E-state index >= 15 is 4.39 Å². The number of likely N-dealkylation sites (tertiary alicyclic amines) is 1. The normalized spacial score (nSPS) is 17.2. The van der Waals surface area contributed by atoms with Crippen LogP contribution in [0.3, 0.4) is 0 Å². The number of hydrogen-bond acceptors (Lipinski definition) is 3. The first-order chi connectivity index (χ1) is 12.1. The molecule has 0 atom stereocenters. The predicted octanol–water partition coefficient (Wildman–Crippen LogP) is 4.27. The van der Waals surface area contributed by atoms with Gasteiger partial charge in [0.15, 0.2) is 5.78 Å². The van der Waals surface area contributed by atoms with Crippen molar-refractivity contribution in [3.8, 4) is 5.75 Å². The Morgan fingerprint density at radius 1 is 1.08 bits per heavy atom. The molecule has 25 heavy (non-hydrogen) atoms.